The van der Waals surface area contributed by atoms with Crippen molar-refractivity contribution in [1.82, 2.24) is 8.61 Å². The van der Waals surface area contributed by atoms with E-state index in [9.17, 15) is 181 Å². The Morgan fingerprint density at radius 1 is 0.361 bits per heavy atom. The average molecular weight is 1220 g/mol. The molecule has 72 heavy (non-hydrogen) atoms. The number of sulfonamides is 2. The molecule has 2 unspecified atom stereocenters. The summed E-state index contributed by atoms with van der Waals surface area (Å²) in [6.45, 7) is -10.2. The molecule has 0 aliphatic heterocycles. The number of rotatable bonds is 26. The fourth-order valence-corrected chi connectivity index (χ4v) is 7.94. The third-order valence-electron chi connectivity index (χ3n) is 8.55. The second kappa shape index (κ2) is 19.5. The van der Waals surface area contributed by atoms with Gasteiger partial charge in [-0.05, 0) is 13.8 Å². The fourth-order valence-electron chi connectivity index (χ4n) is 4.41. The molecule has 0 heterocycles. The van der Waals surface area contributed by atoms with Crippen LogP contribution in [0.3, 0.4) is 0 Å². The van der Waals surface area contributed by atoms with Gasteiger partial charge in [-0.3, -0.25) is 4.57 Å². The lowest BCUT2D eigenvalue weighted by Gasteiger charge is -2.43. The Kier molecular flexibility index (Phi) is 18.8. The van der Waals surface area contributed by atoms with E-state index in [0.29, 0.717) is 0 Å². The highest BCUT2D eigenvalue weighted by atomic mass is 32.2. The number of nitrogens with zero attached hydrogens (tertiary/aromatic N) is 2. The summed E-state index contributed by atoms with van der Waals surface area (Å²) < 4.78 is 527. The zero-order chi connectivity index (χ0) is 59.1. The van der Waals surface area contributed by atoms with E-state index in [2.05, 4.69) is 9.05 Å². The normalized spacial score (nSPS) is 17.7. The van der Waals surface area contributed by atoms with E-state index < -0.39 is 170 Å². The van der Waals surface area contributed by atoms with Gasteiger partial charge in [-0.15, -0.1) is 0 Å². The highest BCUT2D eigenvalue weighted by Crippen LogP contribution is 2.67. The van der Waals surface area contributed by atoms with Crippen molar-refractivity contribution in [2.75, 3.05) is 26.3 Å². The average Bonchev–Trinajstić information content (AvgIpc) is 3.15. The summed E-state index contributed by atoms with van der Waals surface area (Å²) in [6, 6.07) is 0. The van der Waals surface area contributed by atoms with Crippen molar-refractivity contribution in [2.24, 2.45) is 0 Å². The van der Waals surface area contributed by atoms with Crippen LogP contribution in [0.2, 0.25) is 0 Å². The molecule has 0 bridgehead atoms. The first-order chi connectivity index (χ1) is 30.8. The van der Waals surface area contributed by atoms with Gasteiger partial charge in [0.15, 0.2) is 0 Å². The van der Waals surface area contributed by atoms with Gasteiger partial charge in [-0.2, -0.15) is 158 Å². The van der Waals surface area contributed by atoms with Crippen molar-refractivity contribution in [3.8, 4) is 0 Å². The van der Waals surface area contributed by atoms with Gasteiger partial charge in [0, 0.05) is 13.1 Å². The van der Waals surface area contributed by atoms with Crippen LogP contribution in [0.25, 0.3) is 0 Å². The van der Waals surface area contributed by atoms with Gasteiger partial charge in [0.1, 0.15) is 12.5 Å². The second-order valence-corrected chi connectivity index (χ2v) is 18.3. The lowest BCUT2D eigenvalue weighted by molar-refractivity contribution is -0.458. The lowest BCUT2D eigenvalue weighted by atomic mass is 9.91. The van der Waals surface area contributed by atoms with Gasteiger partial charge in [0.05, 0.1) is 13.2 Å². The van der Waals surface area contributed by atoms with Crippen molar-refractivity contribution in [1.29, 1.82) is 0 Å². The summed E-state index contributed by atoms with van der Waals surface area (Å²) in [7, 11) is -21.7. The minimum Gasteiger partial charge on any atom is -0.378 e. The molecule has 0 aromatic rings. The summed E-state index contributed by atoms with van der Waals surface area (Å²) in [5.41, 5.74) is 0. The molecular weight excluding hydrogens is 1200 g/mol. The lowest BCUT2D eigenvalue weighted by Crippen LogP contribution is -2.75. The monoisotopic (exact) mass is 1220 g/mol. The molecule has 434 valence electrons. The molecule has 48 heteroatoms. The zero-order valence-electron chi connectivity index (χ0n) is 32.8. The van der Waals surface area contributed by atoms with Crippen molar-refractivity contribution in [3.63, 3.8) is 0 Å². The minimum atomic E-state index is -9.32. The molecule has 0 aliphatic rings. The van der Waals surface area contributed by atoms with Crippen molar-refractivity contribution in [2.45, 2.75) is 120 Å². The predicted octanol–water partition coefficient (Wildman–Crippen LogP) is 9.28. The second-order valence-electron chi connectivity index (χ2n) is 13.4. The van der Waals surface area contributed by atoms with Gasteiger partial charge in [-0.1, -0.05) is 0 Å². The summed E-state index contributed by atoms with van der Waals surface area (Å²) in [4.78, 5) is 0. The summed E-state index contributed by atoms with van der Waals surface area (Å²) >= 11 is 0. The van der Waals surface area contributed by atoms with Crippen LogP contribution >= 0.6 is 8.25 Å². The molecule has 2 N–H and O–H groups in total. The van der Waals surface area contributed by atoms with Crippen LogP contribution in [0, 0.1) is 0 Å². The standard InChI is InChI=1S/C24H19F34N2O9PS2/c1-7(61)59(71(64,65)23(55,56)19(45,46)15(37,38)11(29,30)9(25,26)13(33,34)17(41,42)21(49,50)51)3-5-68-70(63)69-6-4-60(8(2)62)72(66,67)24(57,58)20(47,48)16(39,40)12(31,32)10(27,28)14(35,36)18(43,44)22(52,53)54/h7-8,61-62,70H,3-6H2,1-2H3. The van der Waals surface area contributed by atoms with Crippen LogP contribution in [-0.2, 0) is 33.7 Å². The third-order valence-corrected chi connectivity index (χ3v) is 13.4. The number of aliphatic hydroxyl groups is 2. The predicted molar refractivity (Wildman–Crippen MR) is 157 cm³/mol. The molecule has 0 amide bonds. The SMILES string of the molecule is CC(O)N(CCO[PH](=O)OCCN(C(C)O)S(=O)(=O)C(F)(F)C(F)(F)C(F)(F)C(F)(F)C(F)(F)C(F)(F)C(F)(F)C(F)(F)F)S(=O)(=O)C(F)(F)C(F)(F)C(F)(F)C(F)(F)C(F)(F)C(F)(F)C(F)(F)C(F)(F)F. The highest BCUT2D eigenvalue weighted by Gasteiger charge is 2.98. The van der Waals surface area contributed by atoms with E-state index in [-0.39, 0.29) is 13.8 Å². The van der Waals surface area contributed by atoms with E-state index in [1.165, 1.54) is 0 Å². The van der Waals surface area contributed by atoms with Crippen LogP contribution in [0.15, 0.2) is 0 Å². The summed E-state index contributed by atoms with van der Waals surface area (Å²) in [5, 5.41) is 2.20. The molecule has 0 saturated heterocycles. The molecule has 0 aliphatic carbocycles. The first-order valence-electron chi connectivity index (χ1n) is 16.4. The molecule has 0 radical (unpaired) electrons. The molecule has 0 saturated carbocycles. The van der Waals surface area contributed by atoms with Crippen LogP contribution in [-0.4, -0.2) is 168 Å². The number of aliphatic hydroxyl groups excluding tert-OH is 2. The Hall–Kier alpha value is -2.49. The summed E-state index contributed by atoms with van der Waals surface area (Å²) in [6.07, 6.45) is -23.5. The maximum Gasteiger partial charge on any atom is 0.460 e. The maximum absolute atomic E-state index is 14.6. The van der Waals surface area contributed by atoms with Crippen LogP contribution in [0.1, 0.15) is 13.8 Å². The quantitative estimate of drug-likeness (QED) is 0.0491. The molecule has 0 fully saturated rings. The van der Waals surface area contributed by atoms with E-state index in [1.807, 2.05) is 0 Å². The van der Waals surface area contributed by atoms with Gasteiger partial charge in [0.25, 0.3) is 20.0 Å². The zero-order valence-corrected chi connectivity index (χ0v) is 35.4. The number of halogens is 34. The van der Waals surface area contributed by atoms with Crippen molar-refractivity contribution >= 4 is 28.3 Å². The van der Waals surface area contributed by atoms with Gasteiger partial charge < -0.3 is 19.3 Å². The maximum atomic E-state index is 14.6. The molecule has 0 rings (SSSR count). The Labute approximate surface area is 373 Å². The van der Waals surface area contributed by atoms with Crippen LogP contribution < -0.4 is 0 Å². The largest absolute Gasteiger partial charge is 0.460 e. The molecule has 0 aromatic carbocycles. The van der Waals surface area contributed by atoms with Crippen molar-refractivity contribution < 1.29 is 190 Å². The Balaban J connectivity index is 6.70. The topological polar surface area (TPSA) is 151 Å². The Bertz CT molecular complexity index is 2010. The molecule has 11 nitrogen and oxygen atoms in total. The number of alkyl halides is 34. The minimum absolute atomic E-state index is 0.277. The Morgan fingerprint density at radius 2 is 0.528 bits per heavy atom. The third kappa shape index (κ3) is 9.92. The van der Waals surface area contributed by atoms with Crippen LogP contribution in [0.5, 0.6) is 0 Å². The van der Waals surface area contributed by atoms with E-state index in [4.69, 9.17) is 0 Å². The van der Waals surface area contributed by atoms with Crippen molar-refractivity contribution in [3.05, 3.63) is 0 Å². The van der Waals surface area contributed by atoms with Crippen LogP contribution in [0.4, 0.5) is 149 Å². The summed E-state index contributed by atoms with van der Waals surface area (Å²) in [5.74, 6) is -109. The van der Waals surface area contributed by atoms with Gasteiger partial charge >= 0.3 is 102 Å². The molecule has 0 spiro atoms. The fraction of sp³-hybridized carbons (Fsp3) is 1.00. The smallest absolute Gasteiger partial charge is 0.378 e. The molecular formula is C24H19F34N2O9PS2. The van der Waals surface area contributed by atoms with E-state index in [0.717, 1.165) is 0 Å². The Morgan fingerprint density at radius 3 is 0.694 bits per heavy atom. The first-order valence-corrected chi connectivity index (χ1v) is 20.5. The highest BCUT2D eigenvalue weighted by molar-refractivity contribution is 7.90. The first kappa shape index (κ1) is 69.5. The number of hydrogen-bond donors (Lipinski definition) is 2. The molecule has 2 atom stereocenters. The van der Waals surface area contributed by atoms with E-state index >= 15 is 0 Å². The molecule has 0 aromatic heterocycles. The van der Waals surface area contributed by atoms with E-state index in [1.54, 1.807) is 0 Å². The number of hydrogen-bond acceptors (Lipinski definition) is 9. The van der Waals surface area contributed by atoms with Gasteiger partial charge in [0.2, 0.25) is 0 Å². The van der Waals surface area contributed by atoms with Gasteiger partial charge in [-0.25, -0.2) is 16.8 Å².